The molecule has 0 fully saturated rings. The molecule has 2 N–H and O–H groups in total. The zero-order valence-corrected chi connectivity index (χ0v) is 12.5. The van der Waals surface area contributed by atoms with Crippen molar-refractivity contribution in [2.24, 2.45) is 0 Å². The summed E-state index contributed by atoms with van der Waals surface area (Å²) in [4.78, 5) is 20.1. The van der Waals surface area contributed by atoms with E-state index in [0.717, 1.165) is 17.7 Å². The fourth-order valence-corrected chi connectivity index (χ4v) is 2.36. The molecule has 0 saturated heterocycles. The minimum Gasteiger partial charge on any atom is -0.392 e. The van der Waals surface area contributed by atoms with Gasteiger partial charge in [-0.15, -0.1) is 0 Å². The van der Waals surface area contributed by atoms with Crippen molar-refractivity contribution in [3.05, 3.63) is 34.4 Å². The van der Waals surface area contributed by atoms with Gasteiger partial charge >= 0.3 is 11.8 Å². The number of pyridine rings is 1. The molecule has 3 rings (SSSR count). The number of aromatic nitrogens is 3. The SMILES string of the molecule is CC(O)CNC(=O)c1nc(-c2cnc3c(c2Cl)C=CC3)no1. The number of nitrogens with one attached hydrogen (secondary N) is 1. The van der Waals surface area contributed by atoms with E-state index in [4.69, 9.17) is 21.2 Å². The van der Waals surface area contributed by atoms with E-state index in [2.05, 4.69) is 20.4 Å². The molecule has 1 unspecified atom stereocenters. The number of carbonyl (C=O) groups excluding carboxylic acids is 1. The Kier molecular flexibility index (Phi) is 3.91. The number of aliphatic hydroxyl groups excluding tert-OH is 1. The van der Waals surface area contributed by atoms with E-state index < -0.39 is 12.0 Å². The molecule has 2 aromatic heterocycles. The first-order valence-corrected chi connectivity index (χ1v) is 7.08. The molecule has 22 heavy (non-hydrogen) atoms. The van der Waals surface area contributed by atoms with Crippen LogP contribution in [0.2, 0.25) is 5.02 Å². The van der Waals surface area contributed by atoms with Gasteiger partial charge in [-0.3, -0.25) is 9.78 Å². The first kappa shape index (κ1) is 14.7. The Hall–Kier alpha value is -2.25. The van der Waals surface area contributed by atoms with E-state index in [0.29, 0.717) is 10.6 Å². The van der Waals surface area contributed by atoms with E-state index >= 15 is 0 Å². The van der Waals surface area contributed by atoms with Crippen molar-refractivity contribution < 1.29 is 14.4 Å². The van der Waals surface area contributed by atoms with Crippen molar-refractivity contribution in [2.45, 2.75) is 19.4 Å². The summed E-state index contributed by atoms with van der Waals surface area (Å²) >= 11 is 6.33. The number of fused-ring (bicyclic) bond motifs is 1. The van der Waals surface area contributed by atoms with Crippen LogP contribution >= 0.6 is 11.6 Å². The summed E-state index contributed by atoms with van der Waals surface area (Å²) in [6.45, 7) is 1.66. The lowest BCUT2D eigenvalue weighted by molar-refractivity contribution is 0.0880. The van der Waals surface area contributed by atoms with Gasteiger partial charge in [0.1, 0.15) is 0 Å². The zero-order valence-electron chi connectivity index (χ0n) is 11.7. The van der Waals surface area contributed by atoms with Crippen LogP contribution in [0.15, 0.2) is 16.8 Å². The number of halogens is 1. The Morgan fingerprint density at radius 1 is 1.59 bits per heavy atom. The van der Waals surface area contributed by atoms with Crippen LogP contribution in [-0.2, 0) is 6.42 Å². The Labute approximate surface area is 131 Å². The molecule has 7 nitrogen and oxygen atoms in total. The van der Waals surface area contributed by atoms with Crippen LogP contribution < -0.4 is 5.32 Å². The van der Waals surface area contributed by atoms with Crippen molar-refractivity contribution in [3.63, 3.8) is 0 Å². The van der Waals surface area contributed by atoms with Gasteiger partial charge in [-0.05, 0) is 6.92 Å². The Morgan fingerprint density at radius 2 is 2.41 bits per heavy atom. The molecular formula is C14H13ClN4O3. The smallest absolute Gasteiger partial charge is 0.316 e. The molecule has 0 aliphatic heterocycles. The van der Waals surface area contributed by atoms with Crippen molar-refractivity contribution in [1.29, 1.82) is 0 Å². The van der Waals surface area contributed by atoms with Crippen molar-refractivity contribution >= 4 is 23.6 Å². The minimum absolute atomic E-state index is 0.0997. The Morgan fingerprint density at radius 3 is 3.18 bits per heavy atom. The average Bonchev–Trinajstić information content (AvgIpc) is 3.14. The Bertz CT molecular complexity index is 755. The monoisotopic (exact) mass is 320 g/mol. The van der Waals surface area contributed by atoms with E-state index in [9.17, 15) is 4.79 Å². The van der Waals surface area contributed by atoms with Crippen LogP contribution in [0, 0.1) is 0 Å². The highest BCUT2D eigenvalue weighted by molar-refractivity contribution is 6.34. The number of carbonyl (C=O) groups is 1. The molecule has 1 amide bonds. The largest absolute Gasteiger partial charge is 0.392 e. The lowest BCUT2D eigenvalue weighted by atomic mass is 10.1. The average molecular weight is 321 g/mol. The van der Waals surface area contributed by atoms with Gasteiger partial charge in [0.2, 0.25) is 5.82 Å². The molecule has 2 aromatic rings. The summed E-state index contributed by atoms with van der Waals surface area (Å²) in [6, 6.07) is 0. The van der Waals surface area contributed by atoms with Gasteiger partial charge in [0, 0.05) is 24.7 Å². The van der Waals surface area contributed by atoms with E-state index in [1.807, 2.05) is 12.2 Å². The summed E-state index contributed by atoms with van der Waals surface area (Å²) in [5.74, 6) is -0.546. The summed E-state index contributed by atoms with van der Waals surface area (Å²) in [5, 5.41) is 15.9. The lowest BCUT2D eigenvalue weighted by Gasteiger charge is -2.04. The molecule has 1 aliphatic rings. The standard InChI is InChI=1S/C14H13ClN4O3/c1-7(20)5-17-13(21)14-18-12(19-22-14)9-6-16-10-4-2-3-8(10)11(9)15/h2-3,6-7,20H,4-5H2,1H3,(H,17,21). The van der Waals surface area contributed by atoms with Crippen molar-refractivity contribution in [1.82, 2.24) is 20.4 Å². The van der Waals surface area contributed by atoms with Gasteiger partial charge in [0.25, 0.3) is 0 Å². The zero-order chi connectivity index (χ0) is 15.7. The summed E-state index contributed by atoms with van der Waals surface area (Å²) in [5.41, 5.74) is 2.24. The predicted octanol–water partition coefficient (Wildman–Crippen LogP) is 1.46. The van der Waals surface area contributed by atoms with Crippen molar-refractivity contribution in [3.8, 4) is 11.4 Å². The molecule has 0 bridgehead atoms. The first-order valence-electron chi connectivity index (χ1n) is 6.70. The number of hydrogen-bond donors (Lipinski definition) is 2. The molecule has 0 radical (unpaired) electrons. The van der Waals surface area contributed by atoms with Crippen molar-refractivity contribution in [2.75, 3.05) is 6.54 Å². The van der Waals surface area contributed by atoms with Crippen LogP contribution in [0.4, 0.5) is 0 Å². The van der Waals surface area contributed by atoms with Gasteiger partial charge in [0.15, 0.2) is 0 Å². The fraction of sp³-hybridized carbons (Fsp3) is 0.286. The van der Waals surface area contributed by atoms with Crippen LogP contribution in [0.3, 0.4) is 0 Å². The summed E-state index contributed by atoms with van der Waals surface area (Å²) < 4.78 is 4.93. The number of nitrogens with zero attached hydrogens (tertiary/aromatic N) is 3. The third-order valence-corrected chi connectivity index (χ3v) is 3.56. The highest BCUT2D eigenvalue weighted by Gasteiger charge is 2.21. The summed E-state index contributed by atoms with van der Waals surface area (Å²) in [7, 11) is 0. The van der Waals surface area contributed by atoms with E-state index in [-0.39, 0.29) is 18.3 Å². The number of aliphatic hydroxyl groups is 1. The minimum atomic E-state index is -0.659. The second-order valence-corrected chi connectivity index (χ2v) is 5.31. The molecule has 1 atom stereocenters. The maximum absolute atomic E-state index is 11.8. The van der Waals surface area contributed by atoms with Crippen LogP contribution in [0.25, 0.3) is 17.5 Å². The van der Waals surface area contributed by atoms with Gasteiger partial charge in [-0.1, -0.05) is 28.9 Å². The van der Waals surface area contributed by atoms with Gasteiger partial charge in [-0.25, -0.2) is 0 Å². The molecule has 1 aliphatic carbocycles. The molecule has 0 spiro atoms. The predicted molar refractivity (Wildman–Crippen MR) is 79.3 cm³/mol. The second kappa shape index (κ2) is 5.86. The molecule has 0 aromatic carbocycles. The third kappa shape index (κ3) is 2.72. The lowest BCUT2D eigenvalue weighted by Crippen LogP contribution is -2.30. The molecular weight excluding hydrogens is 308 g/mol. The first-order chi connectivity index (χ1) is 10.6. The number of allylic oxidation sites excluding steroid dienone is 1. The summed E-state index contributed by atoms with van der Waals surface area (Å²) in [6.07, 6.45) is 5.52. The van der Waals surface area contributed by atoms with Crippen LogP contribution in [0.1, 0.15) is 28.9 Å². The molecule has 114 valence electrons. The van der Waals surface area contributed by atoms with Gasteiger partial charge < -0.3 is 14.9 Å². The number of hydrogen-bond acceptors (Lipinski definition) is 6. The maximum atomic E-state index is 11.8. The second-order valence-electron chi connectivity index (χ2n) is 4.93. The number of amides is 1. The normalized spacial score (nSPS) is 14.0. The Balaban J connectivity index is 1.85. The number of rotatable bonds is 4. The maximum Gasteiger partial charge on any atom is 0.316 e. The topological polar surface area (TPSA) is 101 Å². The third-order valence-electron chi connectivity index (χ3n) is 3.15. The highest BCUT2D eigenvalue weighted by atomic mass is 35.5. The van der Waals surface area contributed by atoms with E-state index in [1.54, 1.807) is 13.1 Å². The van der Waals surface area contributed by atoms with E-state index in [1.165, 1.54) is 0 Å². The quantitative estimate of drug-likeness (QED) is 0.884. The highest BCUT2D eigenvalue weighted by Crippen LogP contribution is 2.33. The molecule has 8 heteroatoms. The molecule has 2 heterocycles. The van der Waals surface area contributed by atoms with Gasteiger partial charge in [0.05, 0.1) is 22.4 Å². The van der Waals surface area contributed by atoms with Gasteiger partial charge in [-0.2, -0.15) is 4.98 Å². The van der Waals surface area contributed by atoms with Crippen LogP contribution in [-0.4, -0.2) is 38.8 Å². The fourth-order valence-electron chi connectivity index (χ4n) is 2.06. The molecule has 0 saturated carbocycles. The van der Waals surface area contributed by atoms with Crippen LogP contribution in [0.5, 0.6) is 0 Å².